The Morgan fingerprint density at radius 2 is 2.36 bits per heavy atom. The van der Waals surface area contributed by atoms with Crippen LogP contribution in [0.1, 0.15) is 12.1 Å². The van der Waals surface area contributed by atoms with Crippen LogP contribution in [0.4, 0.5) is 5.95 Å². The highest BCUT2D eigenvalue weighted by Crippen LogP contribution is 2.17. The topological polar surface area (TPSA) is 55.0 Å². The second kappa shape index (κ2) is 3.71. The molecule has 2 heterocycles. The van der Waals surface area contributed by atoms with Crippen LogP contribution in [0.3, 0.4) is 0 Å². The molecule has 76 valence electrons. The third-order valence-electron chi connectivity index (χ3n) is 2.32. The molecule has 1 fully saturated rings. The first-order chi connectivity index (χ1) is 6.65. The molecule has 1 aromatic heterocycles. The van der Waals surface area contributed by atoms with Gasteiger partial charge in [0, 0.05) is 24.8 Å². The summed E-state index contributed by atoms with van der Waals surface area (Å²) < 4.78 is 0. The second-order valence-electron chi connectivity index (χ2n) is 3.63. The van der Waals surface area contributed by atoms with Gasteiger partial charge in [0.25, 0.3) is 0 Å². The maximum atomic E-state index is 5.86. The lowest BCUT2D eigenvalue weighted by molar-refractivity contribution is 0.750. The van der Waals surface area contributed by atoms with Crippen molar-refractivity contribution in [3.05, 3.63) is 16.9 Å². The van der Waals surface area contributed by atoms with E-state index in [4.69, 9.17) is 17.3 Å². The average Bonchev–Trinajstić information content (AvgIpc) is 2.50. The molecule has 0 spiro atoms. The maximum Gasteiger partial charge on any atom is 0.227 e. The van der Waals surface area contributed by atoms with Crippen molar-refractivity contribution in [1.29, 1.82) is 0 Å². The van der Waals surface area contributed by atoms with Crippen molar-refractivity contribution < 1.29 is 0 Å². The highest BCUT2D eigenvalue weighted by molar-refractivity contribution is 6.29. The number of rotatable bonds is 1. The van der Waals surface area contributed by atoms with Gasteiger partial charge in [0.05, 0.1) is 0 Å². The molecule has 2 rings (SSSR count). The van der Waals surface area contributed by atoms with Gasteiger partial charge in [-0.25, -0.2) is 9.97 Å². The van der Waals surface area contributed by atoms with Gasteiger partial charge in [-0.2, -0.15) is 0 Å². The van der Waals surface area contributed by atoms with E-state index in [2.05, 4.69) is 14.9 Å². The van der Waals surface area contributed by atoms with Crippen molar-refractivity contribution in [3.8, 4) is 0 Å². The molecule has 1 aliphatic heterocycles. The number of aromatic nitrogens is 2. The van der Waals surface area contributed by atoms with Crippen LogP contribution in [0.25, 0.3) is 0 Å². The van der Waals surface area contributed by atoms with E-state index in [1.165, 1.54) is 0 Å². The number of halogens is 1. The molecule has 0 saturated carbocycles. The van der Waals surface area contributed by atoms with Gasteiger partial charge in [0.15, 0.2) is 0 Å². The number of aryl methyl sites for hydroxylation is 1. The second-order valence-corrected chi connectivity index (χ2v) is 4.01. The van der Waals surface area contributed by atoms with E-state index in [-0.39, 0.29) is 6.04 Å². The Bertz CT molecular complexity index is 321. The van der Waals surface area contributed by atoms with Crippen molar-refractivity contribution in [3.63, 3.8) is 0 Å². The van der Waals surface area contributed by atoms with Crippen LogP contribution in [0.5, 0.6) is 0 Å². The smallest absolute Gasteiger partial charge is 0.227 e. The van der Waals surface area contributed by atoms with E-state index >= 15 is 0 Å². The fourth-order valence-corrected chi connectivity index (χ4v) is 1.86. The first kappa shape index (κ1) is 9.68. The van der Waals surface area contributed by atoms with E-state index in [1.54, 1.807) is 6.07 Å². The summed E-state index contributed by atoms with van der Waals surface area (Å²) in [7, 11) is 0. The Hall–Kier alpha value is -0.870. The van der Waals surface area contributed by atoms with Crippen LogP contribution in [0, 0.1) is 6.92 Å². The average molecular weight is 213 g/mol. The number of hydrogen-bond acceptors (Lipinski definition) is 4. The lowest BCUT2D eigenvalue weighted by Crippen LogP contribution is -2.27. The lowest BCUT2D eigenvalue weighted by atomic mass is 10.3. The summed E-state index contributed by atoms with van der Waals surface area (Å²) in [6, 6.07) is 1.99. The molecule has 1 aliphatic rings. The van der Waals surface area contributed by atoms with Crippen LogP contribution in [-0.4, -0.2) is 29.1 Å². The number of hydrogen-bond donors (Lipinski definition) is 1. The Morgan fingerprint density at radius 1 is 1.57 bits per heavy atom. The molecule has 0 aliphatic carbocycles. The third-order valence-corrected chi connectivity index (χ3v) is 2.51. The standard InChI is InChI=1S/C9H13ClN4/c1-6-4-8(10)13-9(12-6)14-3-2-7(11)5-14/h4,7H,2-3,5,11H2,1H3/t7-/m1/s1. The number of anilines is 1. The molecule has 0 radical (unpaired) electrons. The van der Waals surface area contributed by atoms with E-state index < -0.39 is 0 Å². The first-order valence-corrected chi connectivity index (χ1v) is 5.04. The van der Waals surface area contributed by atoms with Crippen molar-refractivity contribution >= 4 is 17.5 Å². The Morgan fingerprint density at radius 3 is 2.93 bits per heavy atom. The van der Waals surface area contributed by atoms with Crippen molar-refractivity contribution in [2.75, 3.05) is 18.0 Å². The van der Waals surface area contributed by atoms with Gasteiger partial charge in [-0.1, -0.05) is 11.6 Å². The zero-order chi connectivity index (χ0) is 10.1. The number of nitrogens with zero attached hydrogens (tertiary/aromatic N) is 3. The lowest BCUT2D eigenvalue weighted by Gasteiger charge is -2.15. The molecular weight excluding hydrogens is 200 g/mol. The summed E-state index contributed by atoms with van der Waals surface area (Å²) in [4.78, 5) is 10.6. The predicted octanol–water partition coefficient (Wildman–Crippen LogP) is 0.976. The minimum absolute atomic E-state index is 0.234. The third kappa shape index (κ3) is 1.96. The Kier molecular flexibility index (Phi) is 2.56. The molecule has 0 bridgehead atoms. The highest BCUT2D eigenvalue weighted by Gasteiger charge is 2.21. The monoisotopic (exact) mass is 212 g/mol. The van der Waals surface area contributed by atoms with Crippen LogP contribution < -0.4 is 10.6 Å². The van der Waals surface area contributed by atoms with Crippen molar-refractivity contribution in [1.82, 2.24) is 9.97 Å². The fraction of sp³-hybridized carbons (Fsp3) is 0.556. The Balaban J connectivity index is 2.23. The van der Waals surface area contributed by atoms with Gasteiger partial charge in [-0.3, -0.25) is 0 Å². The molecule has 1 aromatic rings. The van der Waals surface area contributed by atoms with Gasteiger partial charge >= 0.3 is 0 Å². The molecule has 4 nitrogen and oxygen atoms in total. The minimum Gasteiger partial charge on any atom is -0.339 e. The molecule has 1 saturated heterocycles. The zero-order valence-corrected chi connectivity index (χ0v) is 8.83. The molecule has 2 N–H and O–H groups in total. The first-order valence-electron chi connectivity index (χ1n) is 4.67. The quantitative estimate of drug-likeness (QED) is 0.705. The molecule has 0 aromatic carbocycles. The van der Waals surface area contributed by atoms with Gasteiger partial charge in [-0.15, -0.1) is 0 Å². The largest absolute Gasteiger partial charge is 0.339 e. The fourth-order valence-electron chi connectivity index (χ4n) is 1.63. The summed E-state index contributed by atoms with van der Waals surface area (Å²) in [5, 5.41) is 0.493. The van der Waals surface area contributed by atoms with Crippen LogP contribution >= 0.6 is 11.6 Å². The van der Waals surface area contributed by atoms with E-state index in [1.807, 2.05) is 6.92 Å². The summed E-state index contributed by atoms with van der Waals surface area (Å²) in [5.41, 5.74) is 6.70. The molecule has 14 heavy (non-hydrogen) atoms. The SMILES string of the molecule is Cc1cc(Cl)nc(N2CC[C@@H](N)C2)n1. The van der Waals surface area contributed by atoms with E-state index in [0.29, 0.717) is 11.1 Å². The van der Waals surface area contributed by atoms with Crippen molar-refractivity contribution in [2.45, 2.75) is 19.4 Å². The maximum absolute atomic E-state index is 5.86. The normalized spacial score (nSPS) is 21.6. The van der Waals surface area contributed by atoms with E-state index in [9.17, 15) is 0 Å². The van der Waals surface area contributed by atoms with Crippen LogP contribution in [0.15, 0.2) is 6.07 Å². The summed E-state index contributed by atoms with van der Waals surface area (Å²) >= 11 is 5.86. The molecule has 5 heteroatoms. The van der Waals surface area contributed by atoms with Gasteiger partial charge in [0.2, 0.25) is 5.95 Å². The molecule has 1 atom stereocenters. The molecule has 0 unspecified atom stereocenters. The zero-order valence-electron chi connectivity index (χ0n) is 8.07. The number of nitrogens with two attached hydrogens (primary N) is 1. The summed E-state index contributed by atoms with van der Waals surface area (Å²) in [6.45, 7) is 3.65. The van der Waals surface area contributed by atoms with Crippen LogP contribution in [-0.2, 0) is 0 Å². The minimum atomic E-state index is 0.234. The molecule has 0 amide bonds. The van der Waals surface area contributed by atoms with Crippen molar-refractivity contribution in [2.24, 2.45) is 5.73 Å². The summed E-state index contributed by atoms with van der Waals surface area (Å²) in [5.74, 6) is 0.697. The highest BCUT2D eigenvalue weighted by atomic mass is 35.5. The summed E-state index contributed by atoms with van der Waals surface area (Å²) in [6.07, 6.45) is 0.995. The van der Waals surface area contributed by atoms with Crippen LogP contribution in [0.2, 0.25) is 5.15 Å². The van der Waals surface area contributed by atoms with Gasteiger partial charge < -0.3 is 10.6 Å². The van der Waals surface area contributed by atoms with Gasteiger partial charge in [0.1, 0.15) is 5.15 Å². The molecular formula is C9H13ClN4. The predicted molar refractivity (Wildman–Crippen MR) is 56.6 cm³/mol. The Labute approximate surface area is 88.1 Å². The van der Waals surface area contributed by atoms with E-state index in [0.717, 1.165) is 25.2 Å². The van der Waals surface area contributed by atoms with Gasteiger partial charge in [-0.05, 0) is 19.4 Å².